The third kappa shape index (κ3) is 6.81. The molecular weight excluding hydrogens is 421 g/mol. The molecule has 1 N–H and O–H groups in total. The Labute approximate surface area is 194 Å². The number of furan rings is 1. The van der Waals surface area contributed by atoms with E-state index in [9.17, 15) is 14.0 Å². The molecule has 6 nitrogen and oxygen atoms in total. The molecule has 2 heterocycles. The smallest absolute Gasteiger partial charge is 0.286 e. The summed E-state index contributed by atoms with van der Waals surface area (Å²) in [5.74, 6) is 0.260. The second-order valence-corrected chi connectivity index (χ2v) is 8.09. The van der Waals surface area contributed by atoms with Crippen molar-refractivity contribution in [3.05, 3.63) is 83.3 Å². The van der Waals surface area contributed by atoms with Crippen molar-refractivity contribution in [3.63, 3.8) is 0 Å². The van der Waals surface area contributed by atoms with Crippen molar-refractivity contribution in [2.45, 2.75) is 52.6 Å². The Balaban J connectivity index is 1.65. The van der Waals surface area contributed by atoms with Crippen LogP contribution in [-0.2, 0) is 13.1 Å². The van der Waals surface area contributed by atoms with E-state index < -0.39 is 0 Å². The lowest BCUT2D eigenvalue weighted by atomic mass is 10.2. The molecule has 2 aromatic heterocycles. The summed E-state index contributed by atoms with van der Waals surface area (Å²) in [6, 6.07) is 13.0. The largest absolute Gasteiger partial charge is 0.454 e. The maximum absolute atomic E-state index is 13.2. The Kier molecular flexibility index (Phi) is 8.87. The van der Waals surface area contributed by atoms with Crippen LogP contribution < -0.4 is 5.32 Å². The van der Waals surface area contributed by atoms with Crippen LogP contribution in [0.3, 0.4) is 0 Å². The van der Waals surface area contributed by atoms with Gasteiger partial charge < -0.3 is 19.2 Å². The van der Waals surface area contributed by atoms with E-state index in [1.807, 2.05) is 29.8 Å². The van der Waals surface area contributed by atoms with Gasteiger partial charge in [-0.3, -0.25) is 9.59 Å². The standard InChI is InChI=1S/C26H32FN3O3/c1-3-5-6-15-28-25(31)24-14-13-23(33-24)19-29-17-7-8-22(29)18-30(16-4-2)26(32)20-9-11-21(27)12-10-20/h7-14,17H,3-6,15-16,18-19H2,1-2H3,(H,28,31). The van der Waals surface area contributed by atoms with E-state index >= 15 is 0 Å². The van der Waals surface area contributed by atoms with Crippen LogP contribution in [0, 0.1) is 5.82 Å². The fourth-order valence-electron chi connectivity index (χ4n) is 3.66. The zero-order valence-electron chi connectivity index (χ0n) is 19.4. The topological polar surface area (TPSA) is 67.5 Å². The fraction of sp³-hybridized carbons (Fsp3) is 0.385. The number of nitrogens with one attached hydrogen (secondary N) is 1. The van der Waals surface area contributed by atoms with E-state index in [2.05, 4.69) is 12.2 Å². The average Bonchev–Trinajstić information content (AvgIpc) is 3.46. The van der Waals surface area contributed by atoms with E-state index in [0.717, 1.165) is 31.4 Å². The Morgan fingerprint density at radius 1 is 1.03 bits per heavy atom. The van der Waals surface area contributed by atoms with Crippen LogP contribution in [0.25, 0.3) is 0 Å². The summed E-state index contributed by atoms with van der Waals surface area (Å²) in [4.78, 5) is 27.0. The first-order valence-corrected chi connectivity index (χ1v) is 11.6. The summed E-state index contributed by atoms with van der Waals surface area (Å²) < 4.78 is 21.0. The van der Waals surface area contributed by atoms with Gasteiger partial charge in [-0.15, -0.1) is 0 Å². The van der Waals surface area contributed by atoms with Gasteiger partial charge in [-0.25, -0.2) is 4.39 Å². The highest BCUT2D eigenvalue weighted by atomic mass is 19.1. The second-order valence-electron chi connectivity index (χ2n) is 8.09. The number of halogens is 1. The van der Waals surface area contributed by atoms with E-state index in [1.54, 1.807) is 17.0 Å². The van der Waals surface area contributed by atoms with Crippen LogP contribution in [0.15, 0.2) is 59.1 Å². The van der Waals surface area contributed by atoms with Gasteiger partial charge in [-0.05, 0) is 61.4 Å². The molecule has 0 fully saturated rings. The number of carbonyl (C=O) groups excluding carboxylic acids is 2. The summed E-state index contributed by atoms with van der Waals surface area (Å²) in [6.45, 7) is 6.24. The highest BCUT2D eigenvalue weighted by Crippen LogP contribution is 2.16. The summed E-state index contributed by atoms with van der Waals surface area (Å²) in [5.41, 5.74) is 1.41. The molecule has 0 spiro atoms. The normalized spacial score (nSPS) is 10.9. The van der Waals surface area contributed by atoms with Crippen molar-refractivity contribution in [1.29, 1.82) is 0 Å². The Morgan fingerprint density at radius 3 is 2.55 bits per heavy atom. The average molecular weight is 454 g/mol. The van der Waals surface area contributed by atoms with Crippen LogP contribution >= 0.6 is 0 Å². The predicted octanol–water partition coefficient (Wildman–Crippen LogP) is 5.24. The van der Waals surface area contributed by atoms with Crippen molar-refractivity contribution >= 4 is 11.8 Å². The van der Waals surface area contributed by atoms with Crippen LogP contribution in [-0.4, -0.2) is 34.4 Å². The molecule has 2 amide bonds. The maximum Gasteiger partial charge on any atom is 0.286 e. The molecule has 176 valence electrons. The molecular formula is C26H32FN3O3. The van der Waals surface area contributed by atoms with Crippen molar-refractivity contribution in [3.8, 4) is 0 Å². The zero-order chi connectivity index (χ0) is 23.6. The van der Waals surface area contributed by atoms with Gasteiger partial charge in [0.1, 0.15) is 11.6 Å². The van der Waals surface area contributed by atoms with Crippen LogP contribution in [0.5, 0.6) is 0 Å². The molecule has 0 aliphatic heterocycles. The van der Waals surface area contributed by atoms with Gasteiger partial charge in [0.15, 0.2) is 5.76 Å². The highest BCUT2D eigenvalue weighted by molar-refractivity contribution is 5.94. The molecule has 0 saturated heterocycles. The number of nitrogens with zero attached hydrogens (tertiary/aromatic N) is 2. The quantitative estimate of drug-likeness (QED) is 0.381. The second kappa shape index (κ2) is 12.0. The van der Waals surface area contributed by atoms with E-state index in [-0.39, 0.29) is 17.6 Å². The van der Waals surface area contributed by atoms with Crippen molar-refractivity contribution in [2.24, 2.45) is 0 Å². The van der Waals surface area contributed by atoms with Crippen molar-refractivity contribution in [1.82, 2.24) is 14.8 Å². The molecule has 3 rings (SSSR count). The number of hydrogen-bond acceptors (Lipinski definition) is 3. The van der Waals surface area contributed by atoms with Crippen molar-refractivity contribution < 1.29 is 18.4 Å². The van der Waals surface area contributed by atoms with Crippen LogP contribution in [0.4, 0.5) is 4.39 Å². The molecule has 0 unspecified atom stereocenters. The van der Waals surface area contributed by atoms with Gasteiger partial charge in [0, 0.05) is 30.5 Å². The van der Waals surface area contributed by atoms with Crippen LogP contribution in [0.1, 0.15) is 71.9 Å². The van der Waals surface area contributed by atoms with Gasteiger partial charge in [-0.2, -0.15) is 0 Å². The number of amides is 2. The minimum atomic E-state index is -0.366. The van der Waals surface area contributed by atoms with Gasteiger partial charge in [-0.1, -0.05) is 26.7 Å². The van der Waals surface area contributed by atoms with E-state index in [4.69, 9.17) is 4.42 Å². The summed E-state index contributed by atoms with van der Waals surface area (Å²) in [5, 5.41) is 2.88. The summed E-state index contributed by atoms with van der Waals surface area (Å²) in [7, 11) is 0. The van der Waals surface area contributed by atoms with E-state index in [1.165, 1.54) is 24.3 Å². The summed E-state index contributed by atoms with van der Waals surface area (Å²) in [6.07, 6.45) is 5.87. The number of aromatic nitrogens is 1. The third-order valence-corrected chi connectivity index (χ3v) is 5.43. The first-order valence-electron chi connectivity index (χ1n) is 11.6. The highest BCUT2D eigenvalue weighted by Gasteiger charge is 2.18. The molecule has 33 heavy (non-hydrogen) atoms. The number of hydrogen-bond donors (Lipinski definition) is 1. The number of rotatable bonds is 12. The molecule has 7 heteroatoms. The lowest BCUT2D eigenvalue weighted by Gasteiger charge is -2.23. The molecule has 1 aromatic carbocycles. The molecule has 3 aromatic rings. The van der Waals surface area contributed by atoms with Gasteiger partial charge in [0.2, 0.25) is 0 Å². The summed E-state index contributed by atoms with van der Waals surface area (Å²) >= 11 is 0. The molecule has 0 saturated carbocycles. The fourth-order valence-corrected chi connectivity index (χ4v) is 3.66. The van der Waals surface area contributed by atoms with Crippen molar-refractivity contribution in [2.75, 3.05) is 13.1 Å². The molecule has 0 radical (unpaired) electrons. The Bertz CT molecular complexity index is 1040. The van der Waals surface area contributed by atoms with Gasteiger partial charge in [0.25, 0.3) is 11.8 Å². The predicted molar refractivity (Wildman–Crippen MR) is 126 cm³/mol. The monoisotopic (exact) mass is 453 g/mol. The molecule has 0 atom stereocenters. The first-order chi connectivity index (χ1) is 16.0. The Hall–Kier alpha value is -3.35. The maximum atomic E-state index is 13.2. The molecule has 0 aliphatic carbocycles. The molecule has 0 bridgehead atoms. The minimum Gasteiger partial charge on any atom is -0.454 e. The molecule has 0 aliphatic rings. The minimum absolute atomic E-state index is 0.135. The first kappa shape index (κ1) is 24.3. The number of benzene rings is 1. The number of unbranched alkanes of at least 4 members (excludes halogenated alkanes) is 2. The van der Waals surface area contributed by atoms with Crippen LogP contribution in [0.2, 0.25) is 0 Å². The number of carbonyl (C=O) groups is 2. The lowest BCUT2D eigenvalue weighted by Crippen LogP contribution is -2.32. The Morgan fingerprint density at radius 2 is 1.82 bits per heavy atom. The lowest BCUT2D eigenvalue weighted by molar-refractivity contribution is 0.0739. The zero-order valence-corrected chi connectivity index (χ0v) is 19.4. The SMILES string of the molecule is CCCCCNC(=O)c1ccc(Cn2cccc2CN(CCC)C(=O)c2ccc(F)cc2)o1. The van der Waals surface area contributed by atoms with Gasteiger partial charge in [0.05, 0.1) is 13.1 Å². The third-order valence-electron chi connectivity index (χ3n) is 5.43. The van der Waals surface area contributed by atoms with E-state index in [0.29, 0.717) is 43.3 Å². The van der Waals surface area contributed by atoms with Gasteiger partial charge >= 0.3 is 0 Å².